The fourth-order valence-electron chi connectivity index (χ4n) is 2.76. The molecule has 1 amide bonds. The lowest BCUT2D eigenvalue weighted by Crippen LogP contribution is -2.15. The maximum Gasteiger partial charge on any atom is 0.228 e. The Morgan fingerprint density at radius 3 is 1.96 bits per heavy atom. The highest BCUT2D eigenvalue weighted by molar-refractivity contribution is 5.92. The van der Waals surface area contributed by atoms with Crippen LogP contribution in [0.5, 0.6) is 28.7 Å². The molecule has 152 valence electrons. The lowest BCUT2D eigenvalue weighted by Gasteiger charge is -2.15. The van der Waals surface area contributed by atoms with E-state index in [4.69, 9.17) is 23.7 Å². The van der Waals surface area contributed by atoms with Crippen LogP contribution in [0.3, 0.4) is 0 Å². The minimum absolute atomic E-state index is 0.147. The molecule has 0 atom stereocenters. The van der Waals surface area contributed by atoms with Crippen molar-refractivity contribution in [1.82, 2.24) is 0 Å². The third-order valence-electron chi connectivity index (χ3n) is 3.92. The Morgan fingerprint density at radius 2 is 1.43 bits per heavy atom. The van der Waals surface area contributed by atoms with E-state index < -0.39 is 0 Å². The molecule has 2 rings (SSSR count). The average Bonchev–Trinajstić information content (AvgIpc) is 2.69. The monoisotopic (exact) mass is 389 g/mol. The van der Waals surface area contributed by atoms with Crippen LogP contribution in [0, 0.1) is 0 Å². The van der Waals surface area contributed by atoms with Crippen LogP contribution in [-0.2, 0) is 11.2 Å². The summed E-state index contributed by atoms with van der Waals surface area (Å²) in [7, 11) is 4.61. The van der Waals surface area contributed by atoms with Gasteiger partial charge in [0, 0.05) is 11.8 Å². The molecule has 0 spiro atoms. The number of methoxy groups -OCH3 is 3. The summed E-state index contributed by atoms with van der Waals surface area (Å²) in [6.07, 6.45) is 0.147. The Bertz CT molecular complexity index is 780. The summed E-state index contributed by atoms with van der Waals surface area (Å²) in [5.41, 5.74) is 1.37. The third-order valence-corrected chi connectivity index (χ3v) is 3.92. The number of hydrogen-bond acceptors (Lipinski definition) is 6. The molecular weight excluding hydrogens is 362 g/mol. The molecule has 0 aliphatic carbocycles. The van der Waals surface area contributed by atoms with Crippen molar-refractivity contribution in [2.45, 2.75) is 20.3 Å². The Labute approximate surface area is 165 Å². The van der Waals surface area contributed by atoms with E-state index in [0.29, 0.717) is 47.6 Å². The number of nitrogens with one attached hydrogen (secondary N) is 1. The summed E-state index contributed by atoms with van der Waals surface area (Å²) in [6, 6.07) is 8.82. The van der Waals surface area contributed by atoms with Crippen molar-refractivity contribution < 1.29 is 28.5 Å². The second-order valence-corrected chi connectivity index (χ2v) is 5.79. The highest BCUT2D eigenvalue weighted by Crippen LogP contribution is 2.38. The van der Waals surface area contributed by atoms with E-state index >= 15 is 0 Å². The fourth-order valence-corrected chi connectivity index (χ4v) is 2.76. The number of carbonyl (C=O) groups is 1. The minimum atomic E-state index is -0.180. The average molecular weight is 389 g/mol. The van der Waals surface area contributed by atoms with Crippen molar-refractivity contribution >= 4 is 11.6 Å². The summed E-state index contributed by atoms with van der Waals surface area (Å²) >= 11 is 0. The normalized spacial score (nSPS) is 10.2. The first-order chi connectivity index (χ1) is 13.6. The van der Waals surface area contributed by atoms with Gasteiger partial charge in [0.2, 0.25) is 11.7 Å². The van der Waals surface area contributed by atoms with Gasteiger partial charge >= 0.3 is 0 Å². The van der Waals surface area contributed by atoms with Gasteiger partial charge in [-0.1, -0.05) is 0 Å². The first-order valence-electron chi connectivity index (χ1n) is 9.04. The molecule has 2 aromatic carbocycles. The lowest BCUT2D eigenvalue weighted by molar-refractivity contribution is -0.115. The van der Waals surface area contributed by atoms with Crippen LogP contribution in [0.15, 0.2) is 30.3 Å². The Hall–Kier alpha value is -3.09. The van der Waals surface area contributed by atoms with Gasteiger partial charge in [-0.3, -0.25) is 4.79 Å². The van der Waals surface area contributed by atoms with Crippen LogP contribution < -0.4 is 29.0 Å². The first kappa shape index (κ1) is 21.2. The molecule has 0 bridgehead atoms. The van der Waals surface area contributed by atoms with Gasteiger partial charge in [0.1, 0.15) is 0 Å². The van der Waals surface area contributed by atoms with Gasteiger partial charge in [0.05, 0.1) is 41.0 Å². The molecule has 0 heterocycles. The molecule has 0 radical (unpaired) electrons. The Kier molecular flexibility index (Phi) is 7.80. The summed E-state index contributed by atoms with van der Waals surface area (Å²) in [5.74, 6) is 2.55. The zero-order valence-electron chi connectivity index (χ0n) is 17.0. The van der Waals surface area contributed by atoms with Crippen molar-refractivity contribution in [1.29, 1.82) is 0 Å². The standard InChI is InChI=1S/C21H27NO6/c1-6-27-16-9-8-15(13-17(16)28-7-2)22-20(23)12-14-10-18(24-3)21(26-5)19(11-14)25-4/h8-11,13H,6-7,12H2,1-5H3,(H,22,23). The lowest BCUT2D eigenvalue weighted by atomic mass is 10.1. The second-order valence-electron chi connectivity index (χ2n) is 5.79. The van der Waals surface area contributed by atoms with Gasteiger partial charge in [0.15, 0.2) is 23.0 Å². The number of benzene rings is 2. The Morgan fingerprint density at radius 1 is 0.821 bits per heavy atom. The van der Waals surface area contributed by atoms with E-state index in [0.717, 1.165) is 5.56 Å². The van der Waals surface area contributed by atoms with Gasteiger partial charge in [-0.2, -0.15) is 0 Å². The number of ether oxygens (including phenoxy) is 5. The van der Waals surface area contributed by atoms with Crippen LogP contribution in [0.2, 0.25) is 0 Å². The van der Waals surface area contributed by atoms with E-state index in [1.165, 1.54) is 21.3 Å². The van der Waals surface area contributed by atoms with Crippen LogP contribution in [0.25, 0.3) is 0 Å². The molecule has 7 heteroatoms. The van der Waals surface area contributed by atoms with Gasteiger partial charge in [-0.05, 0) is 43.7 Å². The molecule has 28 heavy (non-hydrogen) atoms. The second kappa shape index (κ2) is 10.3. The number of carbonyl (C=O) groups excluding carboxylic acids is 1. The zero-order valence-corrected chi connectivity index (χ0v) is 17.0. The summed E-state index contributed by atoms with van der Waals surface area (Å²) < 4.78 is 27.1. The maximum absolute atomic E-state index is 12.5. The van der Waals surface area contributed by atoms with Crippen molar-refractivity contribution in [2.75, 3.05) is 39.9 Å². The molecule has 0 unspecified atom stereocenters. The molecule has 0 fully saturated rings. The van der Waals surface area contributed by atoms with Gasteiger partial charge in [0.25, 0.3) is 0 Å². The SMILES string of the molecule is CCOc1ccc(NC(=O)Cc2cc(OC)c(OC)c(OC)c2)cc1OCC. The van der Waals surface area contributed by atoms with E-state index in [-0.39, 0.29) is 12.3 Å². The van der Waals surface area contributed by atoms with Gasteiger partial charge in [-0.25, -0.2) is 0 Å². The van der Waals surface area contributed by atoms with Crippen molar-refractivity contribution in [3.63, 3.8) is 0 Å². The van der Waals surface area contributed by atoms with Crippen molar-refractivity contribution in [3.8, 4) is 28.7 Å². The highest BCUT2D eigenvalue weighted by atomic mass is 16.5. The van der Waals surface area contributed by atoms with E-state index in [1.54, 1.807) is 30.3 Å². The number of rotatable bonds is 10. The summed E-state index contributed by atoms with van der Waals surface area (Å²) in [6.45, 7) is 4.84. The van der Waals surface area contributed by atoms with Gasteiger partial charge in [-0.15, -0.1) is 0 Å². The largest absolute Gasteiger partial charge is 0.493 e. The van der Waals surface area contributed by atoms with Crippen LogP contribution >= 0.6 is 0 Å². The molecule has 0 aliphatic heterocycles. The predicted molar refractivity (Wildman–Crippen MR) is 107 cm³/mol. The van der Waals surface area contributed by atoms with Crippen molar-refractivity contribution in [2.24, 2.45) is 0 Å². The molecule has 1 N–H and O–H groups in total. The molecule has 0 aromatic heterocycles. The maximum atomic E-state index is 12.5. The molecule has 0 saturated heterocycles. The number of anilines is 1. The molecular formula is C21H27NO6. The quantitative estimate of drug-likeness (QED) is 0.668. The van der Waals surface area contributed by atoms with Gasteiger partial charge < -0.3 is 29.0 Å². The fraction of sp³-hybridized carbons (Fsp3) is 0.381. The number of hydrogen-bond donors (Lipinski definition) is 1. The molecule has 0 saturated carbocycles. The third kappa shape index (κ3) is 5.22. The first-order valence-corrected chi connectivity index (χ1v) is 9.04. The van der Waals surface area contributed by atoms with E-state index in [2.05, 4.69) is 5.32 Å². The van der Waals surface area contributed by atoms with E-state index in [9.17, 15) is 4.79 Å². The Balaban J connectivity index is 2.17. The summed E-state index contributed by atoms with van der Waals surface area (Å²) in [4.78, 5) is 12.5. The van der Waals surface area contributed by atoms with Crippen molar-refractivity contribution in [3.05, 3.63) is 35.9 Å². The van der Waals surface area contributed by atoms with Crippen LogP contribution in [0.4, 0.5) is 5.69 Å². The predicted octanol–water partition coefficient (Wildman–Crippen LogP) is 3.69. The number of amides is 1. The molecule has 7 nitrogen and oxygen atoms in total. The summed E-state index contributed by atoms with van der Waals surface area (Å²) in [5, 5.41) is 2.87. The van der Waals surface area contributed by atoms with Crippen LogP contribution in [-0.4, -0.2) is 40.5 Å². The topological polar surface area (TPSA) is 75.3 Å². The molecule has 0 aliphatic rings. The smallest absolute Gasteiger partial charge is 0.228 e. The zero-order chi connectivity index (χ0) is 20.5. The molecule has 2 aromatic rings. The minimum Gasteiger partial charge on any atom is -0.493 e. The van der Waals surface area contributed by atoms with E-state index in [1.807, 2.05) is 13.8 Å². The van der Waals surface area contributed by atoms with Crippen LogP contribution in [0.1, 0.15) is 19.4 Å². The highest BCUT2D eigenvalue weighted by Gasteiger charge is 2.15.